The van der Waals surface area contributed by atoms with Crippen LogP contribution in [0.2, 0.25) is 0 Å². The van der Waals surface area contributed by atoms with Gasteiger partial charge in [0.25, 0.3) is 5.91 Å². The third kappa shape index (κ3) is 4.64. The predicted octanol–water partition coefficient (Wildman–Crippen LogP) is 4.11. The van der Waals surface area contributed by atoms with Crippen LogP contribution < -0.4 is 15.4 Å². The van der Waals surface area contributed by atoms with Crippen LogP contribution in [0.3, 0.4) is 0 Å². The molecule has 1 amide bonds. The summed E-state index contributed by atoms with van der Waals surface area (Å²) in [5.41, 5.74) is -1.98. The van der Waals surface area contributed by atoms with Crippen LogP contribution in [0.25, 0.3) is 0 Å². The average molecular weight is 515 g/mol. The molecule has 0 radical (unpaired) electrons. The van der Waals surface area contributed by atoms with Gasteiger partial charge >= 0.3 is 6.18 Å². The molecule has 0 aliphatic carbocycles. The first-order chi connectivity index (χ1) is 17.0. The molecule has 1 aromatic carbocycles. The maximum absolute atomic E-state index is 14.5. The second kappa shape index (κ2) is 9.91. The largest absolute Gasteiger partial charge is 0.493 e. The van der Waals surface area contributed by atoms with Crippen molar-refractivity contribution >= 4 is 11.6 Å². The van der Waals surface area contributed by atoms with Gasteiger partial charge in [0.15, 0.2) is 17.2 Å². The number of hydrogen-bond acceptors (Lipinski definition) is 6. The van der Waals surface area contributed by atoms with Crippen LogP contribution in [0.4, 0.5) is 27.6 Å². The highest BCUT2D eigenvalue weighted by molar-refractivity contribution is 5.95. The number of ether oxygens (including phenoxy) is 3. The number of pyridine rings is 1. The van der Waals surface area contributed by atoms with E-state index in [0.717, 1.165) is 26.2 Å². The lowest BCUT2D eigenvalue weighted by molar-refractivity contribution is -0.272. The molecule has 3 heterocycles. The summed E-state index contributed by atoms with van der Waals surface area (Å²) in [6.45, 7) is 3.63. The van der Waals surface area contributed by atoms with Gasteiger partial charge in [0.05, 0.1) is 32.1 Å². The van der Waals surface area contributed by atoms with Crippen LogP contribution in [-0.4, -0.2) is 55.6 Å². The summed E-state index contributed by atoms with van der Waals surface area (Å²) in [5.74, 6) is -6.68. The first-order valence-corrected chi connectivity index (χ1v) is 11.3. The molecular weight excluding hydrogens is 489 g/mol. The van der Waals surface area contributed by atoms with Gasteiger partial charge in [0.2, 0.25) is 5.82 Å². The molecule has 0 spiro atoms. The Kier molecular flexibility index (Phi) is 7.22. The molecule has 196 valence electrons. The zero-order valence-corrected chi connectivity index (χ0v) is 19.8. The number of aromatic nitrogens is 1. The van der Waals surface area contributed by atoms with Crippen LogP contribution >= 0.6 is 0 Å². The molecule has 2 aromatic rings. The number of carbonyl (C=O) groups is 1. The molecule has 2 N–H and O–H groups in total. The van der Waals surface area contributed by atoms with Gasteiger partial charge in [-0.05, 0) is 25.1 Å². The van der Waals surface area contributed by atoms with E-state index >= 15 is 0 Å². The molecule has 36 heavy (non-hydrogen) atoms. The topological polar surface area (TPSA) is 81.7 Å². The minimum absolute atomic E-state index is 0.101. The fourth-order valence-electron chi connectivity index (χ4n) is 4.73. The van der Waals surface area contributed by atoms with E-state index in [1.807, 2.05) is 0 Å². The van der Waals surface area contributed by atoms with Crippen molar-refractivity contribution in [3.05, 3.63) is 53.4 Å². The average Bonchev–Trinajstić information content (AvgIpc) is 3.13. The van der Waals surface area contributed by atoms with E-state index in [1.54, 1.807) is 6.07 Å². The van der Waals surface area contributed by atoms with Crippen molar-refractivity contribution in [2.75, 3.05) is 32.2 Å². The number of nitrogens with one attached hydrogen (secondary N) is 2. The molecule has 1 aromatic heterocycles. The summed E-state index contributed by atoms with van der Waals surface area (Å²) in [5, 5.41) is 5.81. The fourth-order valence-corrected chi connectivity index (χ4v) is 4.73. The van der Waals surface area contributed by atoms with Crippen molar-refractivity contribution in [3.63, 3.8) is 0 Å². The van der Waals surface area contributed by atoms with Crippen molar-refractivity contribution in [3.8, 4) is 5.75 Å². The SMILES string of the molecule is COc1c([C@H]2[C@H](C(=O)Nc3ccnc([C@@H]4COCCN4)c3)O[C@@](C)(C(F)(F)F)[C@H]2C)ccc(F)c1F. The predicted molar refractivity (Wildman–Crippen MR) is 119 cm³/mol. The highest BCUT2D eigenvalue weighted by Crippen LogP contribution is 2.55. The summed E-state index contributed by atoms with van der Waals surface area (Å²) < 4.78 is 86.4. The highest BCUT2D eigenvalue weighted by atomic mass is 19.4. The first-order valence-electron chi connectivity index (χ1n) is 11.3. The standard InChI is InChI=1S/C24H26F5N3O4/c1-12-18(14-4-5-15(25)19(26)20(14)34-3)21(36-23(12,2)24(27,28)29)22(33)32-13-6-7-30-16(10-13)17-11-35-9-8-31-17/h4-7,10,12,17-18,21,31H,8-9,11H2,1-3H3,(H,30,32,33)/t12-,17-,18-,21+,23+/m0/s1. The number of benzene rings is 1. The maximum Gasteiger partial charge on any atom is 0.417 e. The van der Waals surface area contributed by atoms with E-state index in [9.17, 15) is 26.7 Å². The Morgan fingerprint density at radius 1 is 1.28 bits per heavy atom. The van der Waals surface area contributed by atoms with E-state index in [0.29, 0.717) is 25.5 Å². The molecule has 2 fully saturated rings. The van der Waals surface area contributed by atoms with E-state index < -0.39 is 53.0 Å². The molecule has 2 saturated heterocycles. The number of methoxy groups -OCH3 is 1. The quantitative estimate of drug-likeness (QED) is 0.584. The minimum atomic E-state index is -4.85. The van der Waals surface area contributed by atoms with Gasteiger partial charge in [0.1, 0.15) is 6.10 Å². The van der Waals surface area contributed by atoms with Crippen LogP contribution in [0.1, 0.15) is 37.1 Å². The van der Waals surface area contributed by atoms with Gasteiger partial charge in [0, 0.05) is 35.8 Å². The van der Waals surface area contributed by atoms with Crippen molar-refractivity contribution < 1.29 is 41.0 Å². The smallest absolute Gasteiger partial charge is 0.417 e. The molecule has 2 aliphatic heterocycles. The Morgan fingerprint density at radius 2 is 2.03 bits per heavy atom. The number of rotatable bonds is 5. The molecule has 0 unspecified atom stereocenters. The second-order valence-electron chi connectivity index (χ2n) is 8.98. The first kappa shape index (κ1) is 26.2. The molecule has 2 aliphatic rings. The highest BCUT2D eigenvalue weighted by Gasteiger charge is 2.65. The summed E-state index contributed by atoms with van der Waals surface area (Å²) in [7, 11) is 1.07. The zero-order valence-electron chi connectivity index (χ0n) is 19.8. The van der Waals surface area contributed by atoms with Crippen LogP contribution in [-0.2, 0) is 14.3 Å². The lowest BCUT2D eigenvalue weighted by Crippen LogP contribution is -2.47. The Labute approximate surface area is 204 Å². The second-order valence-corrected chi connectivity index (χ2v) is 8.98. The number of anilines is 1. The Bertz CT molecular complexity index is 1130. The number of hydrogen-bond donors (Lipinski definition) is 2. The Balaban J connectivity index is 1.69. The van der Waals surface area contributed by atoms with E-state index in [2.05, 4.69) is 15.6 Å². The normalized spacial score (nSPS) is 28.7. The summed E-state index contributed by atoms with van der Waals surface area (Å²) in [6, 6.07) is 4.75. The molecule has 5 atom stereocenters. The van der Waals surface area contributed by atoms with Crippen molar-refractivity contribution in [2.24, 2.45) is 5.92 Å². The van der Waals surface area contributed by atoms with Crippen molar-refractivity contribution in [1.82, 2.24) is 10.3 Å². The zero-order chi connectivity index (χ0) is 26.3. The fraction of sp³-hybridized carbons (Fsp3) is 0.500. The Hall–Kier alpha value is -2.83. The number of nitrogens with zero attached hydrogens (tertiary/aromatic N) is 1. The number of morpholine rings is 1. The van der Waals surface area contributed by atoms with Crippen molar-refractivity contribution in [2.45, 2.75) is 43.7 Å². The van der Waals surface area contributed by atoms with Crippen LogP contribution in [0.15, 0.2) is 30.5 Å². The van der Waals surface area contributed by atoms with Gasteiger partial charge < -0.3 is 24.8 Å². The maximum atomic E-state index is 14.5. The molecule has 0 bridgehead atoms. The van der Waals surface area contributed by atoms with Gasteiger partial charge in [-0.15, -0.1) is 0 Å². The van der Waals surface area contributed by atoms with Gasteiger partial charge in [-0.2, -0.15) is 17.6 Å². The minimum Gasteiger partial charge on any atom is -0.493 e. The summed E-state index contributed by atoms with van der Waals surface area (Å²) in [4.78, 5) is 17.6. The molecule has 12 heteroatoms. The number of halogens is 5. The lowest BCUT2D eigenvalue weighted by atomic mass is 9.77. The number of alkyl halides is 3. The van der Waals surface area contributed by atoms with E-state index in [-0.39, 0.29) is 17.3 Å². The van der Waals surface area contributed by atoms with Crippen molar-refractivity contribution in [1.29, 1.82) is 0 Å². The third-order valence-electron chi connectivity index (χ3n) is 6.90. The summed E-state index contributed by atoms with van der Waals surface area (Å²) >= 11 is 0. The third-order valence-corrected chi connectivity index (χ3v) is 6.90. The lowest BCUT2D eigenvalue weighted by Gasteiger charge is -2.32. The van der Waals surface area contributed by atoms with E-state index in [1.165, 1.54) is 19.2 Å². The van der Waals surface area contributed by atoms with Crippen LogP contribution in [0, 0.1) is 17.6 Å². The van der Waals surface area contributed by atoms with E-state index in [4.69, 9.17) is 14.2 Å². The summed E-state index contributed by atoms with van der Waals surface area (Å²) in [6.07, 6.45) is -5.07. The Morgan fingerprint density at radius 3 is 2.67 bits per heavy atom. The van der Waals surface area contributed by atoms with Crippen LogP contribution in [0.5, 0.6) is 5.75 Å². The monoisotopic (exact) mass is 515 g/mol. The number of amides is 1. The number of carbonyl (C=O) groups excluding carboxylic acids is 1. The van der Waals surface area contributed by atoms with Gasteiger partial charge in [-0.3, -0.25) is 9.78 Å². The van der Waals surface area contributed by atoms with Gasteiger partial charge in [-0.25, -0.2) is 4.39 Å². The van der Waals surface area contributed by atoms with Gasteiger partial charge in [-0.1, -0.05) is 13.0 Å². The molecule has 0 saturated carbocycles. The molecule has 7 nitrogen and oxygen atoms in total. The molecular formula is C24H26F5N3O4. The molecule has 4 rings (SSSR count).